The third-order valence-corrected chi connectivity index (χ3v) is 3.92. The van der Waals surface area contributed by atoms with Crippen molar-refractivity contribution in [2.45, 2.75) is 11.8 Å². The molecule has 0 fully saturated rings. The second kappa shape index (κ2) is 7.24. The van der Waals surface area contributed by atoms with Crippen LogP contribution in [0.5, 0.6) is 0 Å². The van der Waals surface area contributed by atoms with Crippen LogP contribution >= 0.6 is 11.9 Å². The largest absolute Gasteiger partial charge is 0.277 e. The molecule has 0 aliphatic carbocycles. The van der Waals surface area contributed by atoms with Crippen LogP contribution in [0.25, 0.3) is 5.69 Å². The standard InChI is InChI=1S/C16H14FN5OS/c1-11-9-12(22-18-7-8-19-22)10-14(15(11)17)16(23)20-21-24-13-5-3-2-4-6-13/h2-10,21H,1H3,(H,20,23). The quantitative estimate of drug-likeness (QED) is 0.550. The summed E-state index contributed by atoms with van der Waals surface area (Å²) in [6.45, 7) is 1.59. The zero-order chi connectivity index (χ0) is 16.9. The fraction of sp³-hybridized carbons (Fsp3) is 0.0625. The number of nitrogens with one attached hydrogen (secondary N) is 2. The number of carbonyl (C=O) groups excluding carboxylic acids is 1. The summed E-state index contributed by atoms with van der Waals surface area (Å²) in [4.78, 5) is 17.2. The van der Waals surface area contributed by atoms with Crippen molar-refractivity contribution in [3.8, 4) is 5.69 Å². The van der Waals surface area contributed by atoms with Crippen molar-refractivity contribution >= 4 is 17.9 Å². The molecule has 8 heteroatoms. The molecule has 0 bridgehead atoms. The van der Waals surface area contributed by atoms with E-state index >= 15 is 0 Å². The summed E-state index contributed by atoms with van der Waals surface area (Å²) in [7, 11) is 0. The number of amides is 1. The van der Waals surface area contributed by atoms with E-state index in [0.717, 1.165) is 4.90 Å². The van der Waals surface area contributed by atoms with E-state index in [1.165, 1.54) is 35.2 Å². The van der Waals surface area contributed by atoms with E-state index < -0.39 is 11.7 Å². The smallest absolute Gasteiger partial charge is 0.269 e. The minimum atomic E-state index is -0.576. The van der Waals surface area contributed by atoms with Gasteiger partial charge in [0.2, 0.25) is 0 Å². The molecule has 0 aliphatic rings. The van der Waals surface area contributed by atoms with Crippen molar-refractivity contribution in [3.05, 3.63) is 71.8 Å². The first-order chi connectivity index (χ1) is 11.6. The van der Waals surface area contributed by atoms with Crippen LogP contribution in [0.4, 0.5) is 4.39 Å². The van der Waals surface area contributed by atoms with Gasteiger partial charge in [-0.1, -0.05) is 18.2 Å². The van der Waals surface area contributed by atoms with Gasteiger partial charge in [-0.3, -0.25) is 10.2 Å². The Balaban J connectivity index is 1.74. The molecule has 0 saturated carbocycles. The second-order valence-corrected chi connectivity index (χ2v) is 5.79. The maximum absolute atomic E-state index is 14.3. The van der Waals surface area contributed by atoms with Gasteiger partial charge in [-0.05, 0) is 48.7 Å². The van der Waals surface area contributed by atoms with Crippen molar-refractivity contribution in [3.63, 3.8) is 0 Å². The first kappa shape index (κ1) is 16.2. The number of rotatable bonds is 5. The lowest BCUT2D eigenvalue weighted by Crippen LogP contribution is -2.33. The number of aromatic nitrogens is 3. The molecule has 24 heavy (non-hydrogen) atoms. The van der Waals surface area contributed by atoms with E-state index in [2.05, 4.69) is 20.5 Å². The Labute approximate surface area is 142 Å². The highest BCUT2D eigenvalue weighted by molar-refractivity contribution is 7.97. The fourth-order valence-corrected chi connectivity index (χ4v) is 2.62. The number of hydrazine groups is 1. The second-order valence-electron chi connectivity index (χ2n) is 4.91. The number of benzene rings is 2. The Morgan fingerprint density at radius 1 is 1.17 bits per heavy atom. The molecule has 1 aromatic heterocycles. The van der Waals surface area contributed by atoms with E-state index in [9.17, 15) is 9.18 Å². The number of halogens is 1. The molecule has 6 nitrogen and oxygen atoms in total. The number of carbonyl (C=O) groups is 1. The predicted molar refractivity (Wildman–Crippen MR) is 89.0 cm³/mol. The third kappa shape index (κ3) is 3.61. The van der Waals surface area contributed by atoms with Gasteiger partial charge in [-0.2, -0.15) is 19.8 Å². The molecule has 0 unspecified atom stereocenters. The molecular weight excluding hydrogens is 329 g/mol. The Morgan fingerprint density at radius 3 is 2.58 bits per heavy atom. The topological polar surface area (TPSA) is 71.8 Å². The van der Waals surface area contributed by atoms with Gasteiger partial charge in [0.25, 0.3) is 5.91 Å². The SMILES string of the molecule is Cc1cc(-n2nccn2)cc(C(=O)NNSc2ccccc2)c1F. The van der Waals surface area contributed by atoms with Crippen molar-refractivity contribution in [2.75, 3.05) is 0 Å². The lowest BCUT2D eigenvalue weighted by Gasteiger charge is -2.10. The minimum absolute atomic E-state index is 0.0801. The van der Waals surface area contributed by atoms with Gasteiger partial charge in [0.1, 0.15) is 5.82 Å². The molecule has 3 aromatic rings. The molecule has 2 N–H and O–H groups in total. The van der Waals surface area contributed by atoms with E-state index in [1.54, 1.807) is 13.0 Å². The molecule has 2 aromatic carbocycles. The molecule has 0 atom stereocenters. The lowest BCUT2D eigenvalue weighted by atomic mass is 10.1. The van der Waals surface area contributed by atoms with E-state index in [-0.39, 0.29) is 5.56 Å². The van der Waals surface area contributed by atoms with Crippen LogP contribution in [-0.2, 0) is 0 Å². The number of aryl methyl sites for hydroxylation is 1. The molecule has 0 spiro atoms. The van der Waals surface area contributed by atoms with E-state index in [4.69, 9.17) is 0 Å². The van der Waals surface area contributed by atoms with Gasteiger partial charge >= 0.3 is 0 Å². The molecule has 1 amide bonds. The summed E-state index contributed by atoms with van der Waals surface area (Å²) in [6.07, 6.45) is 3.02. The average molecular weight is 343 g/mol. The van der Waals surface area contributed by atoms with Crippen LogP contribution in [0.1, 0.15) is 15.9 Å². The van der Waals surface area contributed by atoms with Crippen molar-refractivity contribution in [1.29, 1.82) is 0 Å². The molecule has 1 heterocycles. The van der Waals surface area contributed by atoms with Crippen LogP contribution in [0.2, 0.25) is 0 Å². The normalized spacial score (nSPS) is 10.6. The summed E-state index contributed by atoms with van der Waals surface area (Å²) >= 11 is 1.22. The van der Waals surface area contributed by atoms with Gasteiger partial charge < -0.3 is 0 Å². The van der Waals surface area contributed by atoms with Gasteiger partial charge in [0.15, 0.2) is 0 Å². The Bertz CT molecular complexity index is 839. The fourth-order valence-electron chi connectivity index (χ4n) is 2.07. The highest BCUT2D eigenvalue weighted by atomic mass is 32.2. The van der Waals surface area contributed by atoms with Crippen LogP contribution in [0.15, 0.2) is 59.8 Å². The van der Waals surface area contributed by atoms with Gasteiger partial charge in [-0.25, -0.2) is 4.39 Å². The monoisotopic (exact) mass is 343 g/mol. The molecule has 3 rings (SSSR count). The van der Waals surface area contributed by atoms with Gasteiger partial charge in [0, 0.05) is 4.90 Å². The average Bonchev–Trinajstić information content (AvgIpc) is 3.12. The number of hydrogen-bond acceptors (Lipinski definition) is 5. The first-order valence-corrected chi connectivity index (χ1v) is 7.91. The zero-order valence-electron chi connectivity index (χ0n) is 12.7. The van der Waals surface area contributed by atoms with Crippen LogP contribution in [0, 0.1) is 12.7 Å². The molecular formula is C16H14FN5OS. The highest BCUT2D eigenvalue weighted by Crippen LogP contribution is 2.18. The Kier molecular flexibility index (Phi) is 4.88. The summed E-state index contributed by atoms with van der Waals surface area (Å²) in [5.74, 6) is -1.15. The maximum atomic E-state index is 14.3. The lowest BCUT2D eigenvalue weighted by molar-refractivity contribution is 0.0943. The van der Waals surface area contributed by atoms with Crippen molar-refractivity contribution in [1.82, 2.24) is 25.3 Å². The van der Waals surface area contributed by atoms with Crippen molar-refractivity contribution < 1.29 is 9.18 Å². The predicted octanol–water partition coefficient (Wildman–Crippen LogP) is 2.66. The number of hydrogen-bond donors (Lipinski definition) is 2. The Morgan fingerprint density at radius 2 is 1.88 bits per heavy atom. The first-order valence-electron chi connectivity index (χ1n) is 7.09. The molecule has 0 aliphatic heterocycles. The number of nitrogens with zero attached hydrogens (tertiary/aromatic N) is 3. The van der Waals surface area contributed by atoms with E-state index in [0.29, 0.717) is 11.3 Å². The van der Waals surface area contributed by atoms with E-state index in [1.807, 2.05) is 30.3 Å². The third-order valence-electron chi connectivity index (χ3n) is 3.21. The summed E-state index contributed by atoms with van der Waals surface area (Å²) in [6, 6.07) is 12.4. The summed E-state index contributed by atoms with van der Waals surface area (Å²) < 4.78 is 14.3. The van der Waals surface area contributed by atoms with Gasteiger partial charge in [-0.15, -0.1) is 0 Å². The van der Waals surface area contributed by atoms with Crippen LogP contribution in [-0.4, -0.2) is 20.9 Å². The van der Waals surface area contributed by atoms with Gasteiger partial charge in [0.05, 0.1) is 23.6 Å². The maximum Gasteiger partial charge on any atom is 0.269 e. The van der Waals surface area contributed by atoms with Crippen molar-refractivity contribution in [2.24, 2.45) is 0 Å². The molecule has 122 valence electrons. The summed E-state index contributed by atoms with van der Waals surface area (Å²) in [5.41, 5.74) is 3.24. The van der Waals surface area contributed by atoms with Crippen LogP contribution < -0.4 is 10.3 Å². The highest BCUT2D eigenvalue weighted by Gasteiger charge is 2.16. The Hall–Kier alpha value is -2.71. The summed E-state index contributed by atoms with van der Waals surface area (Å²) in [5, 5.41) is 7.98. The molecule has 0 radical (unpaired) electrons. The zero-order valence-corrected chi connectivity index (χ0v) is 13.5. The molecule has 0 saturated heterocycles. The van der Waals surface area contributed by atoms with Crippen LogP contribution in [0.3, 0.4) is 0 Å². The minimum Gasteiger partial charge on any atom is -0.277 e.